The van der Waals surface area contributed by atoms with Gasteiger partial charge in [-0.1, -0.05) is 0 Å². The zero-order chi connectivity index (χ0) is 10.8. The Morgan fingerprint density at radius 1 is 1.53 bits per heavy atom. The number of nitrogens with zero attached hydrogens (tertiary/aromatic N) is 2. The van der Waals surface area contributed by atoms with Gasteiger partial charge in [0.05, 0.1) is 0 Å². The molecule has 4 nitrogen and oxygen atoms in total. The van der Waals surface area contributed by atoms with E-state index in [0.29, 0.717) is 6.54 Å². The van der Waals surface area contributed by atoms with Gasteiger partial charge in [0.1, 0.15) is 5.65 Å². The minimum atomic E-state index is 0.664. The number of fused-ring (bicyclic) bond motifs is 1. The second kappa shape index (κ2) is 3.90. The monoisotopic (exact) mass is 204 g/mol. The maximum atomic E-state index is 5.60. The largest absolute Gasteiger partial charge is 0.387 e. The highest BCUT2D eigenvalue weighted by Gasteiger charge is 2.10. The van der Waals surface area contributed by atoms with E-state index in [1.165, 1.54) is 10.9 Å². The van der Waals surface area contributed by atoms with Crippen molar-refractivity contribution in [1.82, 2.24) is 9.55 Å². The molecule has 2 rings (SSSR count). The molecule has 0 unspecified atom stereocenters. The van der Waals surface area contributed by atoms with E-state index < -0.39 is 0 Å². The fraction of sp³-hybridized carbons (Fsp3) is 0.364. The Bertz CT molecular complexity index is 473. The molecule has 15 heavy (non-hydrogen) atoms. The molecule has 0 saturated heterocycles. The van der Waals surface area contributed by atoms with Crippen LogP contribution in [0.3, 0.4) is 0 Å². The average molecular weight is 204 g/mol. The van der Waals surface area contributed by atoms with Crippen LogP contribution in [-0.4, -0.2) is 23.1 Å². The van der Waals surface area contributed by atoms with E-state index in [2.05, 4.69) is 16.5 Å². The van der Waals surface area contributed by atoms with E-state index in [9.17, 15) is 0 Å². The van der Waals surface area contributed by atoms with Gasteiger partial charge in [0.25, 0.3) is 0 Å². The van der Waals surface area contributed by atoms with E-state index in [4.69, 9.17) is 5.73 Å². The van der Waals surface area contributed by atoms with Crippen LogP contribution in [0.15, 0.2) is 18.5 Å². The van der Waals surface area contributed by atoms with Gasteiger partial charge < -0.3 is 15.6 Å². The van der Waals surface area contributed by atoms with Gasteiger partial charge in [-0.25, -0.2) is 4.98 Å². The minimum absolute atomic E-state index is 0.664. The van der Waals surface area contributed by atoms with Gasteiger partial charge >= 0.3 is 0 Å². The smallest absolute Gasteiger partial charge is 0.141 e. The Morgan fingerprint density at radius 2 is 2.33 bits per heavy atom. The minimum Gasteiger partial charge on any atom is -0.387 e. The topological polar surface area (TPSA) is 55.9 Å². The van der Waals surface area contributed by atoms with E-state index in [0.717, 1.165) is 17.8 Å². The second-order valence-electron chi connectivity index (χ2n) is 3.61. The third kappa shape index (κ3) is 1.57. The van der Waals surface area contributed by atoms with E-state index >= 15 is 0 Å². The summed E-state index contributed by atoms with van der Waals surface area (Å²) in [6.07, 6.45) is 4.81. The summed E-state index contributed by atoms with van der Waals surface area (Å²) in [6, 6.07) is 1.99. The van der Waals surface area contributed by atoms with E-state index in [-0.39, 0.29) is 0 Å². The summed E-state index contributed by atoms with van der Waals surface area (Å²) >= 11 is 0. The van der Waals surface area contributed by atoms with Crippen molar-refractivity contribution >= 4 is 16.7 Å². The first-order chi connectivity index (χ1) is 7.27. The maximum Gasteiger partial charge on any atom is 0.141 e. The molecular weight excluding hydrogens is 188 g/mol. The zero-order valence-electron chi connectivity index (χ0n) is 9.12. The van der Waals surface area contributed by atoms with Gasteiger partial charge in [0.15, 0.2) is 0 Å². The summed E-state index contributed by atoms with van der Waals surface area (Å²) in [4.78, 5) is 4.37. The van der Waals surface area contributed by atoms with Crippen LogP contribution < -0.4 is 11.1 Å². The number of rotatable bonds is 3. The summed E-state index contributed by atoms with van der Waals surface area (Å²) in [5.41, 5.74) is 8.98. The normalized spacial score (nSPS) is 10.9. The molecule has 0 saturated carbocycles. The molecule has 2 heterocycles. The maximum absolute atomic E-state index is 5.60. The molecule has 80 valence electrons. The molecule has 0 aliphatic rings. The van der Waals surface area contributed by atoms with Crippen LogP contribution in [0.1, 0.15) is 5.56 Å². The standard InChI is InChI=1S/C11H16N4/c1-13-9-4-6-14-11-10(9)8(3-5-12)7-15(11)2/h4,6-7H,3,5,12H2,1-2H3,(H,13,14). The number of aryl methyl sites for hydroxylation is 1. The van der Waals surface area contributed by atoms with Crippen molar-refractivity contribution in [2.24, 2.45) is 12.8 Å². The zero-order valence-corrected chi connectivity index (χ0v) is 9.12. The molecule has 2 aromatic rings. The van der Waals surface area contributed by atoms with Crippen LogP contribution in [0.25, 0.3) is 11.0 Å². The van der Waals surface area contributed by atoms with Crippen LogP contribution in [0, 0.1) is 0 Å². The van der Waals surface area contributed by atoms with Gasteiger partial charge in [-0.15, -0.1) is 0 Å². The molecule has 0 aliphatic carbocycles. The number of pyridine rings is 1. The quantitative estimate of drug-likeness (QED) is 0.787. The van der Waals surface area contributed by atoms with Crippen molar-refractivity contribution in [3.8, 4) is 0 Å². The van der Waals surface area contributed by atoms with Gasteiger partial charge in [0.2, 0.25) is 0 Å². The van der Waals surface area contributed by atoms with Gasteiger partial charge in [0, 0.05) is 37.6 Å². The van der Waals surface area contributed by atoms with Crippen LogP contribution in [-0.2, 0) is 13.5 Å². The SMILES string of the molecule is CNc1ccnc2c1c(CCN)cn2C. The summed E-state index contributed by atoms with van der Waals surface area (Å²) in [7, 11) is 3.93. The molecule has 0 aliphatic heterocycles. The molecular formula is C11H16N4. The first-order valence-corrected chi connectivity index (χ1v) is 5.08. The predicted molar refractivity (Wildman–Crippen MR) is 63.0 cm³/mol. The van der Waals surface area contributed by atoms with Gasteiger partial charge in [-0.2, -0.15) is 0 Å². The number of anilines is 1. The Balaban J connectivity index is 2.70. The predicted octanol–water partition coefficient (Wildman–Crippen LogP) is 1.12. The van der Waals surface area contributed by atoms with Crippen molar-refractivity contribution < 1.29 is 0 Å². The number of nitrogens with one attached hydrogen (secondary N) is 1. The second-order valence-corrected chi connectivity index (χ2v) is 3.61. The van der Waals surface area contributed by atoms with Crippen LogP contribution in [0.5, 0.6) is 0 Å². The fourth-order valence-corrected chi connectivity index (χ4v) is 1.95. The summed E-state index contributed by atoms with van der Waals surface area (Å²) < 4.78 is 2.04. The highest BCUT2D eigenvalue weighted by atomic mass is 15.0. The van der Waals surface area contributed by atoms with Crippen LogP contribution in [0.2, 0.25) is 0 Å². The summed E-state index contributed by atoms with van der Waals surface area (Å²) in [5, 5.41) is 4.38. The molecule has 0 radical (unpaired) electrons. The van der Waals surface area contributed by atoms with Crippen LogP contribution >= 0.6 is 0 Å². The average Bonchev–Trinajstić information content (AvgIpc) is 2.57. The van der Waals surface area contributed by atoms with Crippen molar-refractivity contribution in [1.29, 1.82) is 0 Å². The lowest BCUT2D eigenvalue weighted by Gasteiger charge is -2.03. The third-order valence-corrected chi connectivity index (χ3v) is 2.62. The molecule has 4 heteroatoms. The molecule has 0 fully saturated rings. The summed E-state index contributed by atoms with van der Waals surface area (Å²) in [6.45, 7) is 0.664. The molecule has 0 atom stereocenters. The number of hydrogen-bond acceptors (Lipinski definition) is 3. The van der Waals surface area contributed by atoms with Crippen molar-refractivity contribution in [3.63, 3.8) is 0 Å². The molecule has 0 amide bonds. The first-order valence-electron chi connectivity index (χ1n) is 5.08. The lowest BCUT2D eigenvalue weighted by Crippen LogP contribution is -2.02. The van der Waals surface area contributed by atoms with Crippen molar-refractivity contribution in [2.45, 2.75) is 6.42 Å². The number of nitrogens with two attached hydrogens (primary N) is 1. The lowest BCUT2D eigenvalue weighted by molar-refractivity contribution is 0.919. The molecule has 0 aromatic carbocycles. The molecule has 3 N–H and O–H groups in total. The number of hydrogen-bond donors (Lipinski definition) is 2. The molecule has 2 aromatic heterocycles. The Kier molecular flexibility index (Phi) is 2.60. The van der Waals surface area contributed by atoms with E-state index in [1.54, 1.807) is 0 Å². The van der Waals surface area contributed by atoms with E-state index in [1.807, 2.05) is 30.9 Å². The highest BCUT2D eigenvalue weighted by Crippen LogP contribution is 2.26. The Hall–Kier alpha value is -1.55. The summed E-state index contributed by atoms with van der Waals surface area (Å²) in [5.74, 6) is 0. The van der Waals surface area contributed by atoms with Crippen LogP contribution in [0.4, 0.5) is 5.69 Å². The molecule has 0 bridgehead atoms. The highest BCUT2D eigenvalue weighted by molar-refractivity contribution is 5.92. The van der Waals surface area contributed by atoms with Crippen molar-refractivity contribution in [3.05, 3.63) is 24.0 Å². The fourth-order valence-electron chi connectivity index (χ4n) is 1.95. The lowest BCUT2D eigenvalue weighted by atomic mass is 10.1. The molecule has 0 spiro atoms. The third-order valence-electron chi connectivity index (χ3n) is 2.62. The Morgan fingerprint density at radius 3 is 3.00 bits per heavy atom. The number of aromatic nitrogens is 2. The first kappa shape index (κ1) is 9.98. The van der Waals surface area contributed by atoms with Gasteiger partial charge in [-0.05, 0) is 24.6 Å². The Labute approximate surface area is 89.1 Å². The van der Waals surface area contributed by atoms with Gasteiger partial charge in [-0.3, -0.25) is 0 Å². The van der Waals surface area contributed by atoms with Crippen molar-refractivity contribution in [2.75, 3.05) is 18.9 Å².